The van der Waals surface area contributed by atoms with Crippen molar-refractivity contribution >= 4 is 19.8 Å². The lowest BCUT2D eigenvalue weighted by molar-refractivity contribution is -0.870. The molecule has 0 rings (SSSR count). The third-order valence-electron chi connectivity index (χ3n) is 10.6. The van der Waals surface area contributed by atoms with Crippen molar-refractivity contribution in [1.82, 2.24) is 0 Å². The van der Waals surface area contributed by atoms with E-state index in [0.717, 1.165) is 38.5 Å². The highest BCUT2D eigenvalue weighted by Crippen LogP contribution is 2.43. The molecule has 1 unspecified atom stereocenters. The average molecular weight is 819 g/mol. The summed E-state index contributed by atoms with van der Waals surface area (Å²) in [6.07, 6.45) is 40.0. The Balaban J connectivity index is 4.26. The van der Waals surface area contributed by atoms with Crippen LogP contribution in [0.1, 0.15) is 232 Å². The van der Waals surface area contributed by atoms with Gasteiger partial charge < -0.3 is 18.9 Å². The number of phosphoric ester groups is 1. The number of carbonyl (C=O) groups excluding carboxylic acids is 2. The Labute approximate surface area is 346 Å². The second-order valence-corrected chi connectivity index (χ2v) is 19.0. The molecule has 0 aromatic heterocycles. The van der Waals surface area contributed by atoms with Crippen LogP contribution in [0.2, 0.25) is 0 Å². The zero-order valence-corrected chi connectivity index (χ0v) is 38.5. The van der Waals surface area contributed by atoms with Crippen LogP contribution in [0.3, 0.4) is 0 Å². The Morgan fingerprint density at radius 1 is 0.482 bits per heavy atom. The first-order chi connectivity index (χ1) is 27.0. The van der Waals surface area contributed by atoms with Crippen molar-refractivity contribution in [2.24, 2.45) is 0 Å². The molecule has 334 valence electrons. The lowest BCUT2D eigenvalue weighted by Crippen LogP contribution is -2.37. The molecule has 0 aliphatic rings. The van der Waals surface area contributed by atoms with Gasteiger partial charge in [-0.2, -0.15) is 0 Å². The zero-order chi connectivity index (χ0) is 41.4. The van der Waals surface area contributed by atoms with Crippen LogP contribution in [0.5, 0.6) is 0 Å². The number of rotatable bonds is 44. The lowest BCUT2D eigenvalue weighted by Gasteiger charge is -2.24. The molecule has 0 radical (unpaired) electrons. The van der Waals surface area contributed by atoms with Crippen molar-refractivity contribution in [3.8, 4) is 0 Å². The molecule has 0 amide bonds. The summed E-state index contributed by atoms with van der Waals surface area (Å²) in [5, 5.41) is 0. The second kappa shape index (κ2) is 39.5. The van der Waals surface area contributed by atoms with E-state index in [1.54, 1.807) is 0 Å². The number of ether oxygens (including phenoxy) is 2. The monoisotopic (exact) mass is 819 g/mol. The summed E-state index contributed by atoms with van der Waals surface area (Å²) < 4.78 is 34.4. The number of carbonyl (C=O) groups is 2. The number of unbranched alkanes of at least 4 members (excludes halogenated alkanes) is 30. The molecule has 9 nitrogen and oxygen atoms in total. The summed E-state index contributed by atoms with van der Waals surface area (Å²) in [5.41, 5.74) is 0. The van der Waals surface area contributed by atoms with E-state index < -0.39 is 26.5 Å². The first kappa shape index (κ1) is 55.0. The molecule has 0 saturated heterocycles. The summed E-state index contributed by atoms with van der Waals surface area (Å²) in [6.45, 7) is 4.47. The Morgan fingerprint density at radius 3 is 1.14 bits per heavy atom. The van der Waals surface area contributed by atoms with Crippen molar-refractivity contribution in [1.29, 1.82) is 0 Å². The third kappa shape index (κ3) is 42.6. The fourth-order valence-electron chi connectivity index (χ4n) is 6.90. The van der Waals surface area contributed by atoms with Gasteiger partial charge in [0.2, 0.25) is 0 Å². The number of likely N-dealkylation sites (N-methyl/N-ethyl adjacent to an activating group) is 1. The minimum absolute atomic E-state index is 0.0370. The summed E-state index contributed by atoms with van der Waals surface area (Å²) in [7, 11) is 1.49. The van der Waals surface area contributed by atoms with Gasteiger partial charge in [-0.15, -0.1) is 0 Å². The summed E-state index contributed by atoms with van der Waals surface area (Å²) in [5.74, 6) is -0.781. The smallest absolute Gasteiger partial charge is 0.462 e. The number of esters is 2. The maximum absolute atomic E-state index is 12.7. The molecule has 1 N–H and O–H groups in total. The van der Waals surface area contributed by atoms with E-state index in [1.807, 2.05) is 21.1 Å². The molecule has 0 spiro atoms. The SMILES string of the molecule is CCCCCCCCCCCCCCCCCCCC(=O)OC[C@H](COP(=O)(O)OCC[N+](C)(C)C)OC(=O)CCCCCCCCCCCCCCCCC. The molecule has 0 aromatic rings. The van der Waals surface area contributed by atoms with Crippen molar-refractivity contribution in [3.05, 3.63) is 0 Å². The average Bonchev–Trinajstić information content (AvgIpc) is 3.15. The maximum atomic E-state index is 12.7. The van der Waals surface area contributed by atoms with E-state index in [0.29, 0.717) is 17.4 Å². The minimum Gasteiger partial charge on any atom is -0.462 e. The molecular formula is C46H93NO8P+. The fraction of sp³-hybridized carbons (Fsp3) is 0.957. The van der Waals surface area contributed by atoms with Crippen molar-refractivity contribution in [2.45, 2.75) is 238 Å². The van der Waals surface area contributed by atoms with Gasteiger partial charge in [0.05, 0.1) is 27.7 Å². The van der Waals surface area contributed by atoms with Crippen LogP contribution in [0.25, 0.3) is 0 Å². The van der Waals surface area contributed by atoms with Gasteiger partial charge in [-0.3, -0.25) is 18.6 Å². The first-order valence-electron chi connectivity index (χ1n) is 23.8. The fourth-order valence-corrected chi connectivity index (χ4v) is 7.64. The van der Waals surface area contributed by atoms with Crippen molar-refractivity contribution in [2.75, 3.05) is 47.5 Å². The molecule has 0 aliphatic carbocycles. The highest BCUT2D eigenvalue weighted by atomic mass is 31.2. The van der Waals surface area contributed by atoms with Crippen LogP contribution >= 0.6 is 7.82 Å². The van der Waals surface area contributed by atoms with Gasteiger partial charge in [-0.25, -0.2) is 4.57 Å². The summed E-state index contributed by atoms with van der Waals surface area (Å²) in [6, 6.07) is 0. The third-order valence-corrected chi connectivity index (χ3v) is 11.6. The van der Waals surface area contributed by atoms with E-state index >= 15 is 0 Å². The van der Waals surface area contributed by atoms with E-state index in [2.05, 4.69) is 13.8 Å². The van der Waals surface area contributed by atoms with Crippen LogP contribution in [0.15, 0.2) is 0 Å². The zero-order valence-electron chi connectivity index (χ0n) is 37.6. The largest absolute Gasteiger partial charge is 0.472 e. The van der Waals surface area contributed by atoms with Crippen molar-refractivity contribution < 1.29 is 42.1 Å². The normalized spacial score (nSPS) is 13.5. The predicted molar refractivity (Wildman–Crippen MR) is 234 cm³/mol. The maximum Gasteiger partial charge on any atom is 0.472 e. The number of phosphoric acid groups is 1. The van der Waals surface area contributed by atoms with Crippen LogP contribution in [0, 0.1) is 0 Å². The molecule has 0 fully saturated rings. The van der Waals surface area contributed by atoms with E-state index in [9.17, 15) is 19.0 Å². The van der Waals surface area contributed by atoms with Gasteiger partial charge >= 0.3 is 19.8 Å². The topological polar surface area (TPSA) is 108 Å². The lowest BCUT2D eigenvalue weighted by atomic mass is 10.0. The molecule has 0 aliphatic heterocycles. The molecular weight excluding hydrogens is 725 g/mol. The first-order valence-corrected chi connectivity index (χ1v) is 25.3. The van der Waals surface area contributed by atoms with Gasteiger partial charge in [0.1, 0.15) is 19.8 Å². The second-order valence-electron chi connectivity index (χ2n) is 17.5. The number of hydrogen-bond donors (Lipinski definition) is 1. The molecule has 0 bridgehead atoms. The Morgan fingerprint density at radius 2 is 0.804 bits per heavy atom. The van der Waals surface area contributed by atoms with Gasteiger partial charge in [0.15, 0.2) is 6.10 Å². The predicted octanol–water partition coefficient (Wildman–Crippen LogP) is 13.6. The quantitative estimate of drug-likeness (QED) is 0.0280. The number of hydrogen-bond acceptors (Lipinski definition) is 7. The Hall–Kier alpha value is -0.990. The van der Waals surface area contributed by atoms with Gasteiger partial charge in [-0.05, 0) is 12.8 Å². The highest BCUT2D eigenvalue weighted by molar-refractivity contribution is 7.47. The standard InChI is InChI=1S/C46H92NO8P/c1-6-8-10-12-14-16-18-20-22-23-25-26-28-30-32-34-36-38-45(48)52-42-44(43-54-56(50,51)53-41-40-47(3,4)5)55-46(49)39-37-35-33-31-29-27-24-21-19-17-15-13-11-9-7-2/h44H,6-43H2,1-5H3/p+1/t44-/m1/s1. The van der Waals surface area contributed by atoms with E-state index in [-0.39, 0.29) is 25.6 Å². The molecule has 0 heterocycles. The van der Waals surface area contributed by atoms with E-state index in [4.69, 9.17) is 18.5 Å². The molecule has 0 saturated carbocycles. The van der Waals surface area contributed by atoms with Crippen LogP contribution < -0.4 is 0 Å². The van der Waals surface area contributed by atoms with Crippen LogP contribution in [-0.2, 0) is 32.7 Å². The Bertz CT molecular complexity index is 927. The summed E-state index contributed by atoms with van der Waals surface area (Å²) >= 11 is 0. The van der Waals surface area contributed by atoms with Crippen molar-refractivity contribution in [3.63, 3.8) is 0 Å². The number of nitrogens with zero attached hydrogens (tertiary/aromatic N) is 1. The minimum atomic E-state index is -4.37. The molecule has 10 heteroatoms. The van der Waals surface area contributed by atoms with Gasteiger partial charge in [-0.1, -0.05) is 206 Å². The van der Waals surface area contributed by atoms with Crippen LogP contribution in [0.4, 0.5) is 0 Å². The van der Waals surface area contributed by atoms with Gasteiger partial charge in [0.25, 0.3) is 0 Å². The molecule has 2 atom stereocenters. The molecule has 56 heavy (non-hydrogen) atoms. The molecule has 0 aromatic carbocycles. The number of quaternary nitrogens is 1. The van der Waals surface area contributed by atoms with Gasteiger partial charge in [0, 0.05) is 12.8 Å². The highest BCUT2D eigenvalue weighted by Gasteiger charge is 2.27. The summed E-state index contributed by atoms with van der Waals surface area (Å²) in [4.78, 5) is 35.4. The Kier molecular flexibility index (Phi) is 38.8. The van der Waals surface area contributed by atoms with E-state index in [1.165, 1.54) is 167 Å². The van der Waals surface area contributed by atoms with Crippen LogP contribution in [-0.4, -0.2) is 74.9 Å².